The van der Waals surface area contributed by atoms with Gasteiger partial charge < -0.3 is 33.9 Å². The highest BCUT2D eigenvalue weighted by Crippen LogP contribution is 2.42. The second kappa shape index (κ2) is 13.4. The predicted octanol–water partition coefficient (Wildman–Crippen LogP) is 1.96. The molecule has 0 aromatic heterocycles. The Kier molecular flexibility index (Phi) is 9.71. The van der Waals surface area contributed by atoms with Crippen LogP contribution in [0.5, 0.6) is 23.0 Å². The molecule has 214 valence electrons. The number of quaternary nitrogens is 1. The Morgan fingerprint density at radius 3 is 2.50 bits per heavy atom. The molecule has 0 bridgehead atoms. The quantitative estimate of drug-likeness (QED) is 0.176. The number of Topliss-reactive ketones (excluding diaryl/α,β-unsaturated/α-hetero) is 1. The van der Waals surface area contributed by atoms with E-state index in [4.69, 9.17) is 18.9 Å². The molecule has 0 spiro atoms. The Morgan fingerprint density at radius 2 is 1.80 bits per heavy atom. The first-order valence-corrected chi connectivity index (χ1v) is 13.9. The first-order chi connectivity index (χ1) is 19.4. The highest BCUT2D eigenvalue weighted by atomic mass is 16.6. The summed E-state index contributed by atoms with van der Waals surface area (Å²) in [6.07, 6.45) is 2.33. The Hall–Kier alpha value is -3.98. The van der Waals surface area contributed by atoms with Crippen molar-refractivity contribution in [1.82, 2.24) is 4.90 Å². The van der Waals surface area contributed by atoms with Gasteiger partial charge in [0.25, 0.3) is 5.91 Å². The lowest BCUT2D eigenvalue weighted by Crippen LogP contribution is -3.11. The third kappa shape index (κ3) is 6.09. The molecule has 40 heavy (non-hydrogen) atoms. The van der Waals surface area contributed by atoms with E-state index in [0.717, 1.165) is 19.6 Å². The van der Waals surface area contributed by atoms with Crippen molar-refractivity contribution >= 4 is 17.4 Å². The van der Waals surface area contributed by atoms with Gasteiger partial charge in [-0.3, -0.25) is 9.59 Å². The molecular formula is C31H38N2O7. The number of hydrogen-bond acceptors (Lipinski definition) is 7. The number of fused-ring (bicyclic) bond motifs is 1. The SMILES string of the molecule is C=CCOc1ccc(C2C(=C([O-])c3ccc4c(c3)OCCO4)C(=O)C(=O)N2CCC[NH+](CC)CC)cc1OCC. The normalized spacial score (nSPS) is 17.8. The molecule has 0 saturated carbocycles. The van der Waals surface area contributed by atoms with E-state index < -0.39 is 23.5 Å². The monoisotopic (exact) mass is 550 g/mol. The van der Waals surface area contributed by atoms with Gasteiger partial charge in [0.1, 0.15) is 19.8 Å². The Bertz CT molecular complexity index is 1270. The summed E-state index contributed by atoms with van der Waals surface area (Å²) >= 11 is 0. The van der Waals surface area contributed by atoms with E-state index in [-0.39, 0.29) is 11.1 Å². The molecule has 2 aliphatic rings. The molecule has 1 amide bonds. The maximum absolute atomic E-state index is 13.9. The van der Waals surface area contributed by atoms with Crippen molar-refractivity contribution in [3.05, 3.63) is 65.8 Å². The Balaban J connectivity index is 1.78. The van der Waals surface area contributed by atoms with Crippen LogP contribution in [-0.4, -0.2) is 69.2 Å². The molecule has 1 fully saturated rings. The number of ether oxygens (including phenoxy) is 4. The van der Waals surface area contributed by atoms with Gasteiger partial charge in [0, 0.05) is 18.5 Å². The minimum atomic E-state index is -0.861. The summed E-state index contributed by atoms with van der Waals surface area (Å²) < 4.78 is 22.8. The van der Waals surface area contributed by atoms with Gasteiger partial charge in [-0.2, -0.15) is 0 Å². The van der Waals surface area contributed by atoms with Crippen LogP contribution < -0.4 is 29.0 Å². The second-order valence-electron chi connectivity index (χ2n) is 9.63. The second-order valence-corrected chi connectivity index (χ2v) is 9.63. The average molecular weight is 551 g/mol. The summed E-state index contributed by atoms with van der Waals surface area (Å²) in [5.41, 5.74) is 0.777. The smallest absolute Gasteiger partial charge is 0.295 e. The molecule has 9 nitrogen and oxygen atoms in total. The molecule has 0 radical (unpaired) electrons. The zero-order chi connectivity index (χ0) is 28.6. The van der Waals surface area contributed by atoms with Crippen molar-refractivity contribution in [2.24, 2.45) is 0 Å². The van der Waals surface area contributed by atoms with Gasteiger partial charge in [-0.25, -0.2) is 0 Å². The first kappa shape index (κ1) is 29.0. The molecule has 1 unspecified atom stereocenters. The number of likely N-dealkylation sites (tertiary alicyclic amines) is 1. The van der Waals surface area contributed by atoms with Crippen LogP contribution in [0.1, 0.15) is 44.4 Å². The van der Waals surface area contributed by atoms with Gasteiger partial charge in [-0.05, 0) is 56.2 Å². The van der Waals surface area contributed by atoms with Crippen LogP contribution in [0.15, 0.2) is 54.6 Å². The fraction of sp³-hybridized carbons (Fsp3) is 0.419. The van der Waals surface area contributed by atoms with Crippen LogP contribution in [-0.2, 0) is 9.59 Å². The van der Waals surface area contributed by atoms with Crippen molar-refractivity contribution in [2.45, 2.75) is 33.2 Å². The van der Waals surface area contributed by atoms with Crippen molar-refractivity contribution < 1.29 is 38.5 Å². The number of rotatable bonds is 13. The summed E-state index contributed by atoms with van der Waals surface area (Å²) in [5.74, 6) is -0.0231. The molecule has 1 atom stereocenters. The lowest BCUT2D eigenvalue weighted by Gasteiger charge is -2.29. The van der Waals surface area contributed by atoms with Crippen LogP contribution >= 0.6 is 0 Å². The van der Waals surface area contributed by atoms with E-state index in [1.165, 1.54) is 9.80 Å². The third-order valence-electron chi connectivity index (χ3n) is 7.20. The standard InChI is InChI=1S/C31H38N2O7/c1-5-16-38-23-12-10-21(19-25(23)37-8-4)28-27(29(34)22-11-13-24-26(20-22)40-18-17-39-24)30(35)31(36)33(28)15-9-14-32(6-2)7-3/h5,10-13,19-20,28,34H,1,6-9,14-18H2,2-4H3. The van der Waals surface area contributed by atoms with Gasteiger partial charge in [0.15, 0.2) is 23.0 Å². The van der Waals surface area contributed by atoms with E-state index in [9.17, 15) is 14.7 Å². The van der Waals surface area contributed by atoms with E-state index in [2.05, 4.69) is 20.4 Å². The molecule has 2 aromatic rings. The fourth-order valence-corrected chi connectivity index (χ4v) is 5.12. The van der Waals surface area contributed by atoms with E-state index in [1.54, 1.807) is 42.5 Å². The van der Waals surface area contributed by atoms with E-state index in [1.807, 2.05) is 6.92 Å². The fourth-order valence-electron chi connectivity index (χ4n) is 5.12. The molecular weight excluding hydrogens is 512 g/mol. The lowest BCUT2D eigenvalue weighted by molar-refractivity contribution is -0.896. The number of ketones is 1. The molecule has 9 heteroatoms. The Morgan fingerprint density at radius 1 is 1.05 bits per heavy atom. The van der Waals surface area contributed by atoms with Crippen molar-refractivity contribution in [1.29, 1.82) is 0 Å². The van der Waals surface area contributed by atoms with Crippen LogP contribution in [0, 0.1) is 0 Å². The molecule has 2 aromatic carbocycles. The molecule has 0 aliphatic carbocycles. The lowest BCUT2D eigenvalue weighted by atomic mass is 9.94. The van der Waals surface area contributed by atoms with E-state index in [0.29, 0.717) is 68.0 Å². The third-order valence-corrected chi connectivity index (χ3v) is 7.20. The van der Waals surface area contributed by atoms with Gasteiger partial charge in [-0.1, -0.05) is 30.5 Å². The predicted molar refractivity (Wildman–Crippen MR) is 149 cm³/mol. The summed E-state index contributed by atoms with van der Waals surface area (Å²) in [6.45, 7) is 14.4. The number of nitrogens with one attached hydrogen (secondary N) is 1. The Labute approximate surface area is 235 Å². The van der Waals surface area contributed by atoms with Crippen LogP contribution in [0.25, 0.3) is 5.76 Å². The average Bonchev–Trinajstić information content (AvgIpc) is 3.23. The van der Waals surface area contributed by atoms with Gasteiger partial charge >= 0.3 is 0 Å². The summed E-state index contributed by atoms with van der Waals surface area (Å²) in [5, 5.41) is 13.9. The maximum atomic E-state index is 13.9. The maximum Gasteiger partial charge on any atom is 0.295 e. The van der Waals surface area contributed by atoms with Crippen molar-refractivity contribution in [2.75, 3.05) is 52.6 Å². The molecule has 4 rings (SSSR count). The topological polar surface area (TPSA) is 102 Å². The summed E-state index contributed by atoms with van der Waals surface area (Å²) in [6, 6.07) is 9.23. The van der Waals surface area contributed by atoms with E-state index >= 15 is 0 Å². The van der Waals surface area contributed by atoms with Crippen LogP contribution in [0.2, 0.25) is 0 Å². The van der Waals surface area contributed by atoms with Crippen molar-refractivity contribution in [3.8, 4) is 23.0 Å². The number of carbonyl (C=O) groups excluding carboxylic acids is 2. The minimum Gasteiger partial charge on any atom is -0.872 e. The largest absolute Gasteiger partial charge is 0.872 e. The highest BCUT2D eigenvalue weighted by molar-refractivity contribution is 6.46. The van der Waals surface area contributed by atoms with Gasteiger partial charge in [0.2, 0.25) is 5.78 Å². The van der Waals surface area contributed by atoms with Gasteiger partial charge in [0.05, 0.1) is 32.3 Å². The van der Waals surface area contributed by atoms with Crippen LogP contribution in [0.3, 0.4) is 0 Å². The number of carbonyl (C=O) groups is 2. The van der Waals surface area contributed by atoms with Crippen molar-refractivity contribution in [3.63, 3.8) is 0 Å². The molecule has 1 saturated heterocycles. The number of amides is 1. The summed E-state index contributed by atoms with van der Waals surface area (Å²) in [7, 11) is 0. The highest BCUT2D eigenvalue weighted by Gasteiger charge is 2.44. The minimum absolute atomic E-state index is 0.0842. The molecule has 1 N–H and O–H groups in total. The first-order valence-electron chi connectivity index (χ1n) is 13.9. The molecule has 2 aliphatic heterocycles. The zero-order valence-corrected chi connectivity index (χ0v) is 23.5. The number of benzene rings is 2. The zero-order valence-electron chi connectivity index (χ0n) is 23.5. The number of nitrogens with zero attached hydrogens (tertiary/aromatic N) is 1. The van der Waals surface area contributed by atoms with Crippen LogP contribution in [0.4, 0.5) is 0 Å². The number of hydrogen-bond donors (Lipinski definition) is 1. The van der Waals surface area contributed by atoms with Gasteiger partial charge in [-0.15, -0.1) is 0 Å². The molecule has 2 heterocycles. The summed E-state index contributed by atoms with van der Waals surface area (Å²) in [4.78, 5) is 29.8.